The first-order chi connectivity index (χ1) is 15.2. The molecule has 33 heavy (non-hydrogen) atoms. The van der Waals surface area contributed by atoms with Crippen molar-refractivity contribution in [2.45, 2.75) is 78.1 Å². The van der Waals surface area contributed by atoms with Crippen LogP contribution in [0.3, 0.4) is 0 Å². The second-order valence-electron chi connectivity index (χ2n) is 9.88. The summed E-state index contributed by atoms with van der Waals surface area (Å²) in [6, 6.07) is 3.52. The average Bonchev–Trinajstić information content (AvgIpc) is 2.68. The minimum absolute atomic E-state index is 0.131. The summed E-state index contributed by atoms with van der Waals surface area (Å²) in [6.45, 7) is 9.31. The van der Waals surface area contributed by atoms with Gasteiger partial charge in [0.25, 0.3) is 0 Å². The number of rotatable bonds is 7. The van der Waals surface area contributed by atoms with Crippen LogP contribution in [0.2, 0.25) is 5.02 Å². The number of carbonyl (C=O) groups excluding carboxylic acids is 2. The van der Waals surface area contributed by atoms with Gasteiger partial charge in [-0.25, -0.2) is 0 Å². The fourth-order valence-electron chi connectivity index (χ4n) is 3.86. The number of alkyl halides is 3. The average molecular weight is 491 g/mol. The SMILES string of the molecule is CC1CCN(C(C(=O)Nc2cc(CCC(=O)OC(C)(C)C)ccc2Cl)C(C)C(F)(F)F)CC1. The molecule has 2 rings (SSSR count). The number of piperidine rings is 1. The summed E-state index contributed by atoms with van der Waals surface area (Å²) in [5, 5.41) is 2.83. The van der Waals surface area contributed by atoms with Crippen molar-refractivity contribution in [2.75, 3.05) is 18.4 Å². The first-order valence-corrected chi connectivity index (χ1v) is 11.7. The first kappa shape index (κ1) is 27.4. The fraction of sp³-hybridized carbons (Fsp3) is 0.667. The molecule has 1 fully saturated rings. The van der Waals surface area contributed by atoms with Gasteiger partial charge in [0.05, 0.1) is 16.6 Å². The summed E-state index contributed by atoms with van der Waals surface area (Å²) in [5.74, 6) is -2.51. The van der Waals surface area contributed by atoms with Crippen molar-refractivity contribution in [3.8, 4) is 0 Å². The van der Waals surface area contributed by atoms with E-state index in [0.29, 0.717) is 31.0 Å². The summed E-state index contributed by atoms with van der Waals surface area (Å²) in [5.41, 5.74) is 0.355. The molecule has 2 unspecified atom stereocenters. The van der Waals surface area contributed by atoms with E-state index in [4.69, 9.17) is 16.3 Å². The van der Waals surface area contributed by atoms with E-state index < -0.39 is 29.6 Å². The van der Waals surface area contributed by atoms with Crippen LogP contribution in [0, 0.1) is 11.8 Å². The summed E-state index contributed by atoms with van der Waals surface area (Å²) < 4.78 is 46.1. The van der Waals surface area contributed by atoms with Gasteiger partial charge in [0.15, 0.2) is 0 Å². The molecule has 1 N–H and O–H groups in total. The second-order valence-corrected chi connectivity index (χ2v) is 10.3. The highest BCUT2D eigenvalue weighted by Gasteiger charge is 2.47. The molecule has 1 saturated heterocycles. The van der Waals surface area contributed by atoms with Crippen molar-refractivity contribution in [3.05, 3.63) is 28.8 Å². The lowest BCUT2D eigenvalue weighted by Crippen LogP contribution is -2.54. The molecule has 0 spiro atoms. The van der Waals surface area contributed by atoms with Crippen molar-refractivity contribution in [1.29, 1.82) is 0 Å². The van der Waals surface area contributed by atoms with Gasteiger partial charge in [-0.3, -0.25) is 14.5 Å². The Morgan fingerprint density at radius 1 is 1.21 bits per heavy atom. The molecular formula is C24H34ClF3N2O3. The Balaban J connectivity index is 2.16. The Morgan fingerprint density at radius 3 is 2.36 bits per heavy atom. The first-order valence-electron chi connectivity index (χ1n) is 11.3. The number of hydrogen-bond acceptors (Lipinski definition) is 4. The molecule has 1 aliphatic rings. The number of likely N-dealkylation sites (tertiary alicyclic amines) is 1. The van der Waals surface area contributed by atoms with Crippen molar-refractivity contribution in [1.82, 2.24) is 4.90 Å². The summed E-state index contributed by atoms with van der Waals surface area (Å²) in [4.78, 5) is 26.7. The highest BCUT2D eigenvalue weighted by atomic mass is 35.5. The molecule has 2 atom stereocenters. The predicted molar refractivity (Wildman–Crippen MR) is 123 cm³/mol. The number of nitrogens with zero attached hydrogens (tertiary/aromatic N) is 1. The van der Waals surface area contributed by atoms with Crippen LogP contribution < -0.4 is 5.32 Å². The lowest BCUT2D eigenvalue weighted by atomic mass is 9.92. The number of halogens is 4. The van der Waals surface area contributed by atoms with Crippen LogP contribution in [0.25, 0.3) is 0 Å². The van der Waals surface area contributed by atoms with Crippen LogP contribution in [0.4, 0.5) is 18.9 Å². The minimum Gasteiger partial charge on any atom is -0.460 e. The molecule has 0 radical (unpaired) electrons. The molecule has 0 saturated carbocycles. The van der Waals surface area contributed by atoms with Crippen LogP contribution in [-0.2, 0) is 20.7 Å². The third kappa shape index (κ3) is 8.49. The zero-order valence-electron chi connectivity index (χ0n) is 19.9. The number of hydrogen-bond donors (Lipinski definition) is 1. The number of anilines is 1. The quantitative estimate of drug-likeness (QED) is 0.487. The van der Waals surface area contributed by atoms with E-state index in [9.17, 15) is 22.8 Å². The zero-order chi connectivity index (χ0) is 25.0. The molecule has 0 bridgehead atoms. The van der Waals surface area contributed by atoms with E-state index in [2.05, 4.69) is 12.2 Å². The minimum atomic E-state index is -4.51. The summed E-state index contributed by atoms with van der Waals surface area (Å²) in [7, 11) is 0. The van der Waals surface area contributed by atoms with Gasteiger partial charge < -0.3 is 10.1 Å². The Labute approximate surface area is 199 Å². The molecule has 1 aliphatic heterocycles. The van der Waals surface area contributed by atoms with Crippen molar-refractivity contribution < 1.29 is 27.5 Å². The molecule has 0 aliphatic carbocycles. The van der Waals surface area contributed by atoms with E-state index >= 15 is 0 Å². The highest BCUT2D eigenvalue weighted by molar-refractivity contribution is 6.33. The predicted octanol–water partition coefficient (Wildman–Crippen LogP) is 5.85. The maximum atomic E-state index is 13.6. The Kier molecular flexibility index (Phi) is 9.22. The van der Waals surface area contributed by atoms with Crippen molar-refractivity contribution >= 4 is 29.2 Å². The van der Waals surface area contributed by atoms with Gasteiger partial charge in [-0.05, 0) is 76.7 Å². The maximum absolute atomic E-state index is 13.6. The van der Waals surface area contributed by atoms with Gasteiger partial charge >= 0.3 is 12.1 Å². The van der Waals surface area contributed by atoms with Gasteiger partial charge in [0, 0.05) is 6.42 Å². The van der Waals surface area contributed by atoms with Crippen molar-refractivity contribution in [2.24, 2.45) is 11.8 Å². The molecule has 1 aromatic rings. The normalized spacial score (nSPS) is 18.0. The molecular weight excluding hydrogens is 457 g/mol. The van der Waals surface area contributed by atoms with Gasteiger partial charge in [-0.1, -0.05) is 31.5 Å². The van der Waals surface area contributed by atoms with E-state index in [1.54, 1.807) is 43.9 Å². The van der Waals surface area contributed by atoms with Crippen LogP contribution in [-0.4, -0.2) is 47.7 Å². The molecule has 1 heterocycles. The molecule has 0 aromatic heterocycles. The van der Waals surface area contributed by atoms with Crippen LogP contribution in [0.15, 0.2) is 18.2 Å². The fourth-order valence-corrected chi connectivity index (χ4v) is 4.03. The van der Waals surface area contributed by atoms with Gasteiger partial charge in [-0.15, -0.1) is 0 Å². The van der Waals surface area contributed by atoms with E-state index in [1.165, 1.54) is 0 Å². The largest absolute Gasteiger partial charge is 0.460 e. The number of carbonyl (C=O) groups is 2. The number of esters is 1. The molecule has 5 nitrogen and oxygen atoms in total. The smallest absolute Gasteiger partial charge is 0.393 e. The Bertz CT molecular complexity index is 831. The monoisotopic (exact) mass is 490 g/mol. The maximum Gasteiger partial charge on any atom is 0.393 e. The highest BCUT2D eigenvalue weighted by Crippen LogP contribution is 2.34. The molecule has 9 heteroatoms. The number of benzene rings is 1. The summed E-state index contributed by atoms with van der Waals surface area (Å²) in [6.07, 6.45) is -2.54. The van der Waals surface area contributed by atoms with Crippen LogP contribution >= 0.6 is 11.6 Å². The standard InChI is InChI=1S/C24H34ClF3N2O3/c1-15-10-12-30(13-11-15)21(16(2)24(26,27)28)22(32)29-19-14-17(6-8-18(19)25)7-9-20(31)33-23(3,4)5/h6,8,14-16,21H,7,9-13H2,1-5H3,(H,29,32). The lowest BCUT2D eigenvalue weighted by molar-refractivity contribution is -0.189. The third-order valence-electron chi connectivity index (χ3n) is 5.80. The van der Waals surface area contributed by atoms with Crippen molar-refractivity contribution in [3.63, 3.8) is 0 Å². The molecule has 186 valence electrons. The Morgan fingerprint density at radius 2 is 1.82 bits per heavy atom. The number of aryl methyl sites for hydroxylation is 1. The topological polar surface area (TPSA) is 58.6 Å². The number of nitrogens with one attached hydrogen (secondary N) is 1. The van der Waals surface area contributed by atoms with Gasteiger partial charge in [0.2, 0.25) is 5.91 Å². The summed E-state index contributed by atoms with van der Waals surface area (Å²) >= 11 is 6.23. The van der Waals surface area contributed by atoms with E-state index in [1.807, 2.05) is 0 Å². The second kappa shape index (κ2) is 11.1. The van der Waals surface area contributed by atoms with Gasteiger partial charge in [-0.2, -0.15) is 13.2 Å². The van der Waals surface area contributed by atoms with E-state index in [-0.39, 0.29) is 23.1 Å². The van der Waals surface area contributed by atoms with E-state index in [0.717, 1.165) is 19.8 Å². The Hall–Kier alpha value is -1.80. The van der Waals surface area contributed by atoms with Crippen LogP contribution in [0.5, 0.6) is 0 Å². The molecule has 1 aromatic carbocycles. The number of amides is 1. The third-order valence-corrected chi connectivity index (χ3v) is 6.13. The van der Waals surface area contributed by atoms with Gasteiger partial charge in [0.1, 0.15) is 11.6 Å². The molecule has 1 amide bonds. The van der Waals surface area contributed by atoms with Crippen LogP contribution in [0.1, 0.15) is 59.4 Å². The number of ether oxygens (including phenoxy) is 1. The lowest BCUT2D eigenvalue weighted by Gasteiger charge is -2.39. The zero-order valence-corrected chi connectivity index (χ0v) is 20.6.